The van der Waals surface area contributed by atoms with Gasteiger partial charge in [-0.25, -0.2) is 0 Å². The van der Waals surface area contributed by atoms with Crippen molar-refractivity contribution in [2.24, 2.45) is 16.6 Å². The summed E-state index contributed by atoms with van der Waals surface area (Å²) in [6.45, 7) is 10.0. The molecule has 1 aliphatic rings. The normalized spacial score (nSPS) is 18.3. The molecule has 0 aromatic heterocycles. The first-order chi connectivity index (χ1) is 8.65. The SMILES string of the molecule is CCOC(CCN=C(N)N1CCSCC1)C(C)C.I. The number of rotatable bonds is 6. The molecule has 1 saturated heterocycles. The van der Waals surface area contributed by atoms with Crippen LogP contribution < -0.4 is 5.73 Å². The average Bonchev–Trinajstić information content (AvgIpc) is 2.38. The third-order valence-corrected chi connectivity index (χ3v) is 4.09. The second-order valence-corrected chi connectivity index (χ2v) is 6.09. The van der Waals surface area contributed by atoms with Crippen LogP contribution in [0, 0.1) is 5.92 Å². The second-order valence-electron chi connectivity index (χ2n) is 4.87. The number of thioether (sulfide) groups is 1. The molecule has 1 atom stereocenters. The van der Waals surface area contributed by atoms with E-state index in [1.165, 1.54) is 0 Å². The van der Waals surface area contributed by atoms with Gasteiger partial charge in [-0.05, 0) is 19.3 Å². The van der Waals surface area contributed by atoms with Crippen molar-refractivity contribution in [1.29, 1.82) is 0 Å². The van der Waals surface area contributed by atoms with Crippen LogP contribution in [-0.2, 0) is 4.74 Å². The van der Waals surface area contributed by atoms with Crippen molar-refractivity contribution >= 4 is 41.7 Å². The van der Waals surface area contributed by atoms with E-state index in [9.17, 15) is 0 Å². The smallest absolute Gasteiger partial charge is 0.191 e. The van der Waals surface area contributed by atoms with E-state index >= 15 is 0 Å². The highest BCUT2D eigenvalue weighted by Crippen LogP contribution is 2.11. The Hall–Kier alpha value is 0.310. The fraction of sp³-hybridized carbons (Fsp3) is 0.923. The van der Waals surface area contributed by atoms with E-state index in [-0.39, 0.29) is 24.0 Å². The van der Waals surface area contributed by atoms with Gasteiger partial charge < -0.3 is 15.4 Å². The fourth-order valence-corrected chi connectivity index (χ4v) is 2.93. The number of ether oxygens (including phenoxy) is 1. The van der Waals surface area contributed by atoms with Gasteiger partial charge in [0.15, 0.2) is 5.96 Å². The molecule has 1 unspecified atom stereocenters. The quantitative estimate of drug-likeness (QED) is 0.422. The van der Waals surface area contributed by atoms with Crippen LogP contribution in [-0.4, -0.2) is 54.7 Å². The predicted octanol–water partition coefficient (Wildman–Crippen LogP) is 2.42. The fourth-order valence-electron chi connectivity index (χ4n) is 2.02. The summed E-state index contributed by atoms with van der Waals surface area (Å²) in [6, 6.07) is 0. The first kappa shape index (κ1) is 19.3. The molecule has 0 aromatic rings. The summed E-state index contributed by atoms with van der Waals surface area (Å²) in [5.74, 6) is 3.55. The van der Waals surface area contributed by atoms with Crippen LogP contribution in [0.1, 0.15) is 27.2 Å². The molecular formula is C13H28IN3OS. The zero-order valence-electron chi connectivity index (χ0n) is 12.3. The van der Waals surface area contributed by atoms with Crippen LogP contribution in [0.25, 0.3) is 0 Å². The van der Waals surface area contributed by atoms with Crippen molar-refractivity contribution in [3.05, 3.63) is 0 Å². The van der Waals surface area contributed by atoms with Crippen LogP contribution in [0.3, 0.4) is 0 Å². The van der Waals surface area contributed by atoms with Gasteiger partial charge in [0.1, 0.15) is 0 Å². The van der Waals surface area contributed by atoms with E-state index in [2.05, 4.69) is 23.7 Å². The van der Waals surface area contributed by atoms with Crippen LogP contribution in [0.4, 0.5) is 0 Å². The molecule has 4 nitrogen and oxygen atoms in total. The van der Waals surface area contributed by atoms with Crippen LogP contribution in [0.5, 0.6) is 0 Å². The lowest BCUT2D eigenvalue weighted by Crippen LogP contribution is -2.42. The van der Waals surface area contributed by atoms with E-state index in [1.54, 1.807) is 0 Å². The number of guanidine groups is 1. The molecule has 114 valence electrons. The predicted molar refractivity (Wildman–Crippen MR) is 95.7 cm³/mol. The van der Waals surface area contributed by atoms with Crippen molar-refractivity contribution in [2.75, 3.05) is 37.7 Å². The second kappa shape index (κ2) is 11.0. The monoisotopic (exact) mass is 401 g/mol. The molecular weight excluding hydrogens is 373 g/mol. The summed E-state index contributed by atoms with van der Waals surface area (Å²) >= 11 is 1.98. The van der Waals surface area contributed by atoms with Gasteiger partial charge in [0, 0.05) is 37.7 Å². The molecule has 0 aliphatic carbocycles. The lowest BCUT2D eigenvalue weighted by atomic mass is 10.0. The summed E-state index contributed by atoms with van der Waals surface area (Å²) in [6.07, 6.45) is 1.25. The minimum Gasteiger partial charge on any atom is -0.378 e. The average molecular weight is 401 g/mol. The van der Waals surface area contributed by atoms with Crippen LogP contribution >= 0.6 is 35.7 Å². The minimum atomic E-state index is 0. The van der Waals surface area contributed by atoms with Gasteiger partial charge in [-0.3, -0.25) is 4.99 Å². The van der Waals surface area contributed by atoms with Gasteiger partial charge in [0.25, 0.3) is 0 Å². The van der Waals surface area contributed by atoms with Crippen molar-refractivity contribution in [2.45, 2.75) is 33.3 Å². The van der Waals surface area contributed by atoms with Gasteiger partial charge >= 0.3 is 0 Å². The van der Waals surface area contributed by atoms with E-state index in [4.69, 9.17) is 10.5 Å². The third kappa shape index (κ3) is 7.60. The largest absolute Gasteiger partial charge is 0.378 e. The Balaban J connectivity index is 0.00000324. The Morgan fingerprint density at radius 1 is 1.37 bits per heavy atom. The Morgan fingerprint density at radius 2 is 2.00 bits per heavy atom. The van der Waals surface area contributed by atoms with Gasteiger partial charge in [0.2, 0.25) is 0 Å². The minimum absolute atomic E-state index is 0. The first-order valence-electron chi connectivity index (χ1n) is 6.89. The van der Waals surface area contributed by atoms with Crippen molar-refractivity contribution in [1.82, 2.24) is 4.90 Å². The summed E-state index contributed by atoms with van der Waals surface area (Å²) < 4.78 is 5.70. The molecule has 0 amide bonds. The standard InChI is InChI=1S/C13H27N3OS.HI/c1-4-17-12(11(2)3)5-6-15-13(14)16-7-9-18-10-8-16;/h11-12H,4-10H2,1-3H3,(H2,14,15);1H. The van der Waals surface area contributed by atoms with E-state index in [1.807, 2.05) is 18.7 Å². The van der Waals surface area contributed by atoms with Gasteiger partial charge in [-0.15, -0.1) is 24.0 Å². The Kier molecular flexibility index (Phi) is 11.2. The highest BCUT2D eigenvalue weighted by molar-refractivity contribution is 14.0. The molecule has 0 spiro atoms. The number of nitrogens with two attached hydrogens (primary N) is 1. The first-order valence-corrected chi connectivity index (χ1v) is 8.04. The molecule has 0 aromatic carbocycles. The number of halogens is 1. The topological polar surface area (TPSA) is 50.9 Å². The van der Waals surface area contributed by atoms with E-state index in [0.717, 1.165) is 44.2 Å². The summed E-state index contributed by atoms with van der Waals surface area (Å²) in [4.78, 5) is 6.67. The zero-order valence-corrected chi connectivity index (χ0v) is 15.4. The molecule has 19 heavy (non-hydrogen) atoms. The number of aliphatic imine (C=N–C) groups is 1. The van der Waals surface area contributed by atoms with E-state index < -0.39 is 0 Å². The Bertz CT molecular complexity index is 258. The number of nitrogens with zero attached hydrogens (tertiary/aromatic N) is 2. The Morgan fingerprint density at radius 3 is 2.53 bits per heavy atom. The molecule has 6 heteroatoms. The highest BCUT2D eigenvalue weighted by Gasteiger charge is 2.14. The molecule has 1 aliphatic heterocycles. The maximum atomic E-state index is 6.01. The van der Waals surface area contributed by atoms with Gasteiger partial charge in [-0.2, -0.15) is 11.8 Å². The van der Waals surface area contributed by atoms with Crippen LogP contribution in [0.2, 0.25) is 0 Å². The van der Waals surface area contributed by atoms with E-state index in [0.29, 0.717) is 18.0 Å². The molecule has 0 saturated carbocycles. The van der Waals surface area contributed by atoms with Crippen molar-refractivity contribution in [3.8, 4) is 0 Å². The van der Waals surface area contributed by atoms with Crippen molar-refractivity contribution in [3.63, 3.8) is 0 Å². The lowest BCUT2D eigenvalue weighted by molar-refractivity contribution is 0.0266. The van der Waals surface area contributed by atoms with Crippen LogP contribution in [0.15, 0.2) is 4.99 Å². The third-order valence-electron chi connectivity index (χ3n) is 3.15. The molecule has 1 rings (SSSR count). The maximum absolute atomic E-state index is 6.01. The van der Waals surface area contributed by atoms with Crippen molar-refractivity contribution < 1.29 is 4.74 Å². The maximum Gasteiger partial charge on any atom is 0.191 e. The zero-order chi connectivity index (χ0) is 13.4. The molecule has 0 bridgehead atoms. The lowest BCUT2D eigenvalue weighted by Gasteiger charge is -2.27. The summed E-state index contributed by atoms with van der Waals surface area (Å²) in [7, 11) is 0. The van der Waals surface area contributed by atoms with Gasteiger partial charge in [-0.1, -0.05) is 13.8 Å². The van der Waals surface area contributed by atoms with Gasteiger partial charge in [0.05, 0.1) is 6.10 Å². The highest BCUT2D eigenvalue weighted by atomic mass is 127. The summed E-state index contributed by atoms with van der Waals surface area (Å²) in [5, 5.41) is 0. The molecule has 0 radical (unpaired) electrons. The number of hydrogen-bond acceptors (Lipinski definition) is 3. The Labute approximate surface area is 138 Å². The molecule has 1 heterocycles. The molecule has 1 fully saturated rings. The summed E-state index contributed by atoms with van der Waals surface area (Å²) in [5.41, 5.74) is 6.01. The molecule has 2 N–H and O–H groups in total. The number of hydrogen-bond donors (Lipinski definition) is 1.